The Morgan fingerprint density at radius 3 is 2.38 bits per heavy atom. The van der Waals surface area contributed by atoms with Gasteiger partial charge in [0.1, 0.15) is 0 Å². The zero-order valence-electron chi connectivity index (χ0n) is 12.3. The smallest absolute Gasteiger partial charge is 0.209 e. The van der Waals surface area contributed by atoms with Gasteiger partial charge in [-0.15, -0.1) is 0 Å². The van der Waals surface area contributed by atoms with E-state index in [1.165, 1.54) is 0 Å². The van der Waals surface area contributed by atoms with Gasteiger partial charge in [0, 0.05) is 22.6 Å². The highest BCUT2D eigenvalue weighted by Crippen LogP contribution is 2.20. The van der Waals surface area contributed by atoms with Gasteiger partial charge in [0.25, 0.3) is 0 Å². The molecule has 0 aliphatic heterocycles. The molecule has 1 N–H and O–H groups in total. The van der Waals surface area contributed by atoms with Gasteiger partial charge in [-0.25, -0.2) is 13.1 Å². The lowest BCUT2D eigenvalue weighted by molar-refractivity contribution is 0.0996. The number of para-hydroxylation sites is 1. The van der Waals surface area contributed by atoms with Gasteiger partial charge in [0.05, 0.1) is 12.8 Å². The predicted molar refractivity (Wildman–Crippen MR) is 82.4 cm³/mol. The zero-order valence-corrected chi connectivity index (χ0v) is 13.1. The fourth-order valence-corrected chi connectivity index (χ4v) is 2.70. The normalized spacial score (nSPS) is 11.6. The zero-order chi connectivity index (χ0) is 15.6. The van der Waals surface area contributed by atoms with Crippen LogP contribution in [0.2, 0.25) is 0 Å². The van der Waals surface area contributed by atoms with Crippen LogP contribution in [0.4, 0.5) is 0 Å². The van der Waals surface area contributed by atoms with Gasteiger partial charge < -0.3 is 4.57 Å². The molecule has 0 aliphatic carbocycles. The topological polar surface area (TPSA) is 68.2 Å². The summed E-state index contributed by atoms with van der Waals surface area (Å²) in [4.78, 5) is 12.2. The standard InChI is InChI=1S/C15H18N2O3S/c1-11-9-14(15(18)10-16-21(3,19)20)12(2)17(11)13-7-5-4-6-8-13/h4-9,16H,10H2,1-3H3. The molecule has 0 fully saturated rings. The van der Waals surface area contributed by atoms with E-state index in [9.17, 15) is 13.2 Å². The van der Waals surface area contributed by atoms with Crippen LogP contribution in [0, 0.1) is 13.8 Å². The van der Waals surface area contributed by atoms with Crippen LogP contribution in [0.15, 0.2) is 36.4 Å². The van der Waals surface area contributed by atoms with E-state index in [1.807, 2.05) is 48.7 Å². The van der Waals surface area contributed by atoms with E-state index < -0.39 is 10.0 Å². The number of benzene rings is 1. The molecule has 0 saturated carbocycles. The lowest BCUT2D eigenvalue weighted by atomic mass is 10.1. The first-order valence-electron chi connectivity index (χ1n) is 6.52. The minimum Gasteiger partial charge on any atom is -0.318 e. The highest BCUT2D eigenvalue weighted by Gasteiger charge is 2.17. The molecule has 0 spiro atoms. The van der Waals surface area contributed by atoms with Crippen LogP contribution in [0.1, 0.15) is 21.7 Å². The minimum atomic E-state index is -3.37. The number of nitrogens with one attached hydrogen (secondary N) is 1. The summed E-state index contributed by atoms with van der Waals surface area (Å²) >= 11 is 0. The molecule has 2 aromatic rings. The molecule has 0 bridgehead atoms. The fourth-order valence-electron chi connectivity index (χ4n) is 2.31. The van der Waals surface area contributed by atoms with Gasteiger partial charge >= 0.3 is 0 Å². The maximum Gasteiger partial charge on any atom is 0.209 e. The third kappa shape index (κ3) is 3.59. The van der Waals surface area contributed by atoms with E-state index in [1.54, 1.807) is 6.07 Å². The summed E-state index contributed by atoms with van der Waals surface area (Å²) in [5, 5.41) is 0. The molecule has 1 heterocycles. The third-order valence-electron chi connectivity index (χ3n) is 3.24. The van der Waals surface area contributed by atoms with Crippen molar-refractivity contribution >= 4 is 15.8 Å². The van der Waals surface area contributed by atoms with E-state index in [0.717, 1.165) is 23.3 Å². The van der Waals surface area contributed by atoms with Crippen LogP contribution >= 0.6 is 0 Å². The van der Waals surface area contributed by atoms with Crippen LogP contribution in [-0.2, 0) is 10.0 Å². The maximum atomic E-state index is 12.2. The maximum absolute atomic E-state index is 12.2. The highest BCUT2D eigenvalue weighted by molar-refractivity contribution is 7.88. The Labute approximate surface area is 124 Å². The number of hydrogen-bond donors (Lipinski definition) is 1. The minimum absolute atomic E-state index is 0.224. The number of carbonyl (C=O) groups is 1. The van der Waals surface area contributed by atoms with E-state index >= 15 is 0 Å². The van der Waals surface area contributed by atoms with Crippen molar-refractivity contribution in [2.45, 2.75) is 13.8 Å². The van der Waals surface area contributed by atoms with Crippen molar-refractivity contribution in [2.24, 2.45) is 0 Å². The Kier molecular flexibility index (Phi) is 4.29. The third-order valence-corrected chi connectivity index (χ3v) is 3.91. The summed E-state index contributed by atoms with van der Waals surface area (Å²) in [5.41, 5.74) is 3.25. The van der Waals surface area contributed by atoms with Crippen molar-refractivity contribution in [1.29, 1.82) is 0 Å². The van der Waals surface area contributed by atoms with Gasteiger partial charge in [-0.1, -0.05) is 18.2 Å². The first-order chi connectivity index (χ1) is 9.79. The van der Waals surface area contributed by atoms with Gasteiger partial charge in [-0.3, -0.25) is 4.79 Å². The van der Waals surface area contributed by atoms with Crippen LogP contribution < -0.4 is 4.72 Å². The molecule has 5 nitrogen and oxygen atoms in total. The monoisotopic (exact) mass is 306 g/mol. The van der Waals surface area contributed by atoms with E-state index in [4.69, 9.17) is 0 Å². The van der Waals surface area contributed by atoms with Gasteiger partial charge in [-0.05, 0) is 32.0 Å². The second-order valence-electron chi connectivity index (χ2n) is 4.97. The lowest BCUT2D eigenvalue weighted by Gasteiger charge is -2.09. The summed E-state index contributed by atoms with van der Waals surface area (Å²) in [6.07, 6.45) is 1.04. The van der Waals surface area contributed by atoms with Crippen LogP contribution in [0.25, 0.3) is 5.69 Å². The van der Waals surface area contributed by atoms with Crippen molar-refractivity contribution < 1.29 is 13.2 Å². The van der Waals surface area contributed by atoms with Gasteiger partial charge in [-0.2, -0.15) is 0 Å². The molecule has 0 unspecified atom stereocenters. The van der Waals surface area contributed by atoms with E-state index in [2.05, 4.69) is 4.72 Å². The molecule has 0 saturated heterocycles. The summed E-state index contributed by atoms with van der Waals surface area (Å²) < 4.78 is 26.4. The average Bonchev–Trinajstić information content (AvgIpc) is 2.71. The molecule has 112 valence electrons. The number of carbonyl (C=O) groups excluding carboxylic acids is 1. The Morgan fingerprint density at radius 2 is 1.81 bits per heavy atom. The molecule has 0 radical (unpaired) electrons. The second-order valence-corrected chi connectivity index (χ2v) is 6.81. The molecule has 0 amide bonds. The number of Topliss-reactive ketones (excluding diaryl/α,β-unsaturated/α-hetero) is 1. The molecular weight excluding hydrogens is 288 g/mol. The number of nitrogens with zero attached hydrogens (tertiary/aromatic N) is 1. The van der Waals surface area contributed by atoms with Crippen molar-refractivity contribution in [1.82, 2.24) is 9.29 Å². The molecular formula is C15H18N2O3S. The molecule has 6 heteroatoms. The second kappa shape index (κ2) is 5.83. The number of rotatable bonds is 5. The van der Waals surface area contributed by atoms with E-state index in [0.29, 0.717) is 5.56 Å². The van der Waals surface area contributed by atoms with Crippen LogP contribution in [0.3, 0.4) is 0 Å². The first-order valence-corrected chi connectivity index (χ1v) is 8.41. The van der Waals surface area contributed by atoms with Gasteiger partial charge in [0.15, 0.2) is 5.78 Å². The molecule has 1 aromatic heterocycles. The molecule has 21 heavy (non-hydrogen) atoms. The SMILES string of the molecule is Cc1cc(C(=O)CNS(C)(=O)=O)c(C)n1-c1ccccc1. The van der Waals surface area contributed by atoms with Crippen molar-refractivity contribution in [3.8, 4) is 5.69 Å². The average molecular weight is 306 g/mol. The quantitative estimate of drug-likeness (QED) is 0.857. The van der Waals surface area contributed by atoms with Crippen LogP contribution in [0.5, 0.6) is 0 Å². The summed E-state index contributed by atoms with van der Waals surface area (Å²) in [6, 6.07) is 11.5. The number of aromatic nitrogens is 1. The number of aryl methyl sites for hydroxylation is 1. The molecule has 0 aliphatic rings. The number of hydrogen-bond acceptors (Lipinski definition) is 3. The highest BCUT2D eigenvalue weighted by atomic mass is 32.2. The lowest BCUT2D eigenvalue weighted by Crippen LogP contribution is -2.28. The fraction of sp³-hybridized carbons (Fsp3) is 0.267. The van der Waals surface area contributed by atoms with Gasteiger partial charge in [0.2, 0.25) is 10.0 Å². The summed E-state index contributed by atoms with van der Waals surface area (Å²) in [6.45, 7) is 3.55. The number of sulfonamides is 1. The summed E-state index contributed by atoms with van der Waals surface area (Å²) in [7, 11) is -3.37. The van der Waals surface area contributed by atoms with E-state index in [-0.39, 0.29) is 12.3 Å². The largest absolute Gasteiger partial charge is 0.318 e. The summed E-state index contributed by atoms with van der Waals surface area (Å²) in [5.74, 6) is -0.240. The molecule has 2 rings (SSSR count). The molecule has 1 aromatic carbocycles. The van der Waals surface area contributed by atoms with Crippen LogP contribution in [-0.4, -0.2) is 31.6 Å². The Bertz CT molecular complexity index is 762. The Morgan fingerprint density at radius 1 is 1.19 bits per heavy atom. The van der Waals surface area contributed by atoms with Crippen molar-refractivity contribution in [2.75, 3.05) is 12.8 Å². The Hall–Kier alpha value is -1.92. The van der Waals surface area contributed by atoms with Crippen molar-refractivity contribution in [3.63, 3.8) is 0 Å². The molecule has 0 atom stereocenters. The first kappa shape index (κ1) is 15.5. The predicted octanol–water partition coefficient (Wildman–Crippen LogP) is 1.83. The Balaban J connectivity index is 2.34. The number of ketones is 1. The van der Waals surface area contributed by atoms with Crippen molar-refractivity contribution in [3.05, 3.63) is 53.3 Å².